The summed E-state index contributed by atoms with van der Waals surface area (Å²) in [5.41, 5.74) is 0. The van der Waals surface area contributed by atoms with Crippen LogP contribution in [0.4, 0.5) is 0 Å². The highest BCUT2D eigenvalue weighted by Gasteiger charge is 2.25. The predicted molar refractivity (Wildman–Crippen MR) is 74.1 cm³/mol. The van der Waals surface area contributed by atoms with Crippen molar-refractivity contribution < 1.29 is 4.79 Å². The third-order valence-corrected chi connectivity index (χ3v) is 3.18. The molecule has 1 saturated heterocycles. The van der Waals surface area contributed by atoms with Crippen molar-refractivity contribution >= 4 is 5.91 Å². The van der Waals surface area contributed by atoms with Crippen molar-refractivity contribution in [2.24, 2.45) is 5.92 Å². The van der Waals surface area contributed by atoms with E-state index in [1.807, 2.05) is 13.8 Å². The summed E-state index contributed by atoms with van der Waals surface area (Å²) >= 11 is 0. The molecule has 0 saturated carbocycles. The molecule has 0 aromatic heterocycles. The highest BCUT2D eigenvalue weighted by atomic mass is 16.1. The van der Waals surface area contributed by atoms with E-state index >= 15 is 0 Å². The maximum Gasteiger partial charge on any atom is 0.223 e. The second-order valence-corrected chi connectivity index (χ2v) is 4.70. The molecule has 1 heterocycles. The highest BCUT2D eigenvalue weighted by molar-refractivity contribution is 5.78. The van der Waals surface area contributed by atoms with E-state index in [2.05, 4.69) is 31.0 Å². The third kappa shape index (κ3) is 6.06. The minimum absolute atomic E-state index is 0.256. The van der Waals surface area contributed by atoms with E-state index in [-0.39, 0.29) is 11.8 Å². The largest absolute Gasteiger partial charge is 0.356 e. The van der Waals surface area contributed by atoms with Crippen molar-refractivity contribution in [3.05, 3.63) is 0 Å². The van der Waals surface area contributed by atoms with E-state index in [1.54, 1.807) is 0 Å². The summed E-state index contributed by atoms with van der Waals surface area (Å²) in [6, 6.07) is 0.615. The standard InChI is InChI=1S/C12H24N2O.C2H6/c1-4-7-13-12(15)11-5-8-14(9-6-11)10(2)3;1-2/h10-11H,4-9H2,1-3H3,(H,13,15);1-2H3. The van der Waals surface area contributed by atoms with Crippen LogP contribution in [0.2, 0.25) is 0 Å². The fourth-order valence-electron chi connectivity index (χ4n) is 2.07. The molecule has 1 N–H and O–H groups in total. The number of carbonyl (C=O) groups excluding carboxylic acids is 1. The van der Waals surface area contributed by atoms with E-state index < -0.39 is 0 Å². The first-order chi connectivity index (χ1) is 8.15. The lowest BCUT2D eigenvalue weighted by molar-refractivity contribution is -0.126. The first-order valence-electron chi connectivity index (χ1n) is 7.17. The normalized spacial score (nSPS) is 17.5. The van der Waals surface area contributed by atoms with Crippen molar-refractivity contribution in [2.45, 2.75) is 59.9 Å². The van der Waals surface area contributed by atoms with Gasteiger partial charge in [-0.1, -0.05) is 20.8 Å². The number of likely N-dealkylation sites (tertiary alicyclic amines) is 1. The van der Waals surface area contributed by atoms with E-state index in [1.165, 1.54) is 0 Å². The van der Waals surface area contributed by atoms with Gasteiger partial charge in [0.05, 0.1) is 0 Å². The van der Waals surface area contributed by atoms with Gasteiger partial charge in [0.25, 0.3) is 0 Å². The average molecular weight is 242 g/mol. The molecule has 0 radical (unpaired) electrons. The van der Waals surface area contributed by atoms with Gasteiger partial charge in [0.2, 0.25) is 5.91 Å². The molecule has 0 bridgehead atoms. The zero-order valence-electron chi connectivity index (χ0n) is 12.3. The zero-order chi connectivity index (χ0) is 13.3. The molecular weight excluding hydrogens is 212 g/mol. The Bertz CT molecular complexity index is 196. The molecule has 0 aliphatic carbocycles. The van der Waals surface area contributed by atoms with Crippen LogP contribution in [-0.4, -0.2) is 36.5 Å². The molecule has 3 nitrogen and oxygen atoms in total. The number of amides is 1. The molecule has 3 heteroatoms. The monoisotopic (exact) mass is 242 g/mol. The number of piperidine rings is 1. The van der Waals surface area contributed by atoms with Crippen molar-refractivity contribution in [3.8, 4) is 0 Å². The van der Waals surface area contributed by atoms with E-state index in [0.29, 0.717) is 6.04 Å². The molecule has 1 rings (SSSR count). The van der Waals surface area contributed by atoms with E-state index in [4.69, 9.17) is 0 Å². The number of carbonyl (C=O) groups is 1. The van der Waals surface area contributed by atoms with Gasteiger partial charge in [-0.25, -0.2) is 0 Å². The van der Waals surface area contributed by atoms with Crippen LogP contribution >= 0.6 is 0 Å². The van der Waals surface area contributed by atoms with Gasteiger partial charge in [0, 0.05) is 18.5 Å². The quantitative estimate of drug-likeness (QED) is 0.822. The number of nitrogens with one attached hydrogen (secondary N) is 1. The van der Waals surface area contributed by atoms with Crippen LogP contribution in [0.1, 0.15) is 53.9 Å². The smallest absolute Gasteiger partial charge is 0.223 e. The number of nitrogens with zero attached hydrogens (tertiary/aromatic N) is 1. The van der Waals surface area contributed by atoms with Crippen molar-refractivity contribution in [3.63, 3.8) is 0 Å². The van der Waals surface area contributed by atoms with Gasteiger partial charge in [-0.15, -0.1) is 0 Å². The molecule has 0 aromatic carbocycles. The van der Waals surface area contributed by atoms with Crippen LogP contribution in [0.15, 0.2) is 0 Å². The highest BCUT2D eigenvalue weighted by Crippen LogP contribution is 2.18. The molecule has 0 spiro atoms. The fraction of sp³-hybridized carbons (Fsp3) is 0.929. The third-order valence-electron chi connectivity index (χ3n) is 3.18. The van der Waals surface area contributed by atoms with Gasteiger partial charge in [-0.2, -0.15) is 0 Å². The summed E-state index contributed by atoms with van der Waals surface area (Å²) in [4.78, 5) is 14.2. The van der Waals surface area contributed by atoms with Crippen LogP contribution in [0.25, 0.3) is 0 Å². The molecule has 1 aliphatic rings. The number of hydrogen-bond acceptors (Lipinski definition) is 2. The average Bonchev–Trinajstić information content (AvgIpc) is 2.38. The van der Waals surface area contributed by atoms with Crippen molar-refractivity contribution in [1.82, 2.24) is 10.2 Å². The Morgan fingerprint density at radius 3 is 2.24 bits per heavy atom. The first kappa shape index (κ1) is 16.4. The molecule has 102 valence electrons. The van der Waals surface area contributed by atoms with Gasteiger partial charge in [-0.3, -0.25) is 4.79 Å². The lowest BCUT2D eigenvalue weighted by Gasteiger charge is -2.33. The van der Waals surface area contributed by atoms with E-state index in [9.17, 15) is 4.79 Å². The number of hydrogen-bond donors (Lipinski definition) is 1. The second-order valence-electron chi connectivity index (χ2n) is 4.70. The van der Waals surface area contributed by atoms with Crippen molar-refractivity contribution in [1.29, 1.82) is 0 Å². The lowest BCUT2D eigenvalue weighted by Crippen LogP contribution is -2.43. The van der Waals surface area contributed by atoms with Gasteiger partial charge < -0.3 is 10.2 Å². The second kappa shape index (κ2) is 9.46. The summed E-state index contributed by atoms with van der Waals surface area (Å²) in [5.74, 6) is 0.520. The SMILES string of the molecule is CC.CCCNC(=O)C1CCN(C(C)C)CC1. The summed E-state index contributed by atoms with van der Waals surface area (Å²) in [5, 5.41) is 2.99. The summed E-state index contributed by atoms with van der Waals surface area (Å²) in [6.45, 7) is 13.5. The van der Waals surface area contributed by atoms with Crippen LogP contribution in [0.3, 0.4) is 0 Å². The Hall–Kier alpha value is -0.570. The minimum atomic E-state index is 0.256. The predicted octanol–water partition coefficient (Wildman–Crippen LogP) is 2.66. The molecular formula is C14H30N2O. The molecule has 1 fully saturated rings. The van der Waals surface area contributed by atoms with Crippen LogP contribution < -0.4 is 5.32 Å². The fourth-order valence-corrected chi connectivity index (χ4v) is 2.07. The topological polar surface area (TPSA) is 32.3 Å². The maximum absolute atomic E-state index is 11.7. The zero-order valence-corrected chi connectivity index (χ0v) is 12.3. The molecule has 1 aliphatic heterocycles. The van der Waals surface area contributed by atoms with Gasteiger partial charge in [-0.05, 0) is 46.2 Å². The number of rotatable bonds is 4. The summed E-state index contributed by atoms with van der Waals surface area (Å²) in [6.07, 6.45) is 3.07. The Labute approximate surface area is 107 Å². The molecule has 1 amide bonds. The van der Waals surface area contributed by atoms with Crippen LogP contribution in [0.5, 0.6) is 0 Å². The Morgan fingerprint density at radius 2 is 1.82 bits per heavy atom. The summed E-state index contributed by atoms with van der Waals surface area (Å²) in [7, 11) is 0. The Kier molecular flexibility index (Phi) is 9.14. The minimum Gasteiger partial charge on any atom is -0.356 e. The molecule has 17 heavy (non-hydrogen) atoms. The van der Waals surface area contributed by atoms with Crippen LogP contribution in [-0.2, 0) is 4.79 Å². The lowest BCUT2D eigenvalue weighted by atomic mass is 9.95. The maximum atomic E-state index is 11.7. The molecule has 0 aromatic rings. The Morgan fingerprint density at radius 1 is 1.29 bits per heavy atom. The Balaban J connectivity index is 0.00000121. The van der Waals surface area contributed by atoms with Gasteiger partial charge >= 0.3 is 0 Å². The first-order valence-corrected chi connectivity index (χ1v) is 7.17. The van der Waals surface area contributed by atoms with Crippen molar-refractivity contribution in [2.75, 3.05) is 19.6 Å². The summed E-state index contributed by atoms with van der Waals surface area (Å²) < 4.78 is 0. The molecule has 0 unspecified atom stereocenters. The molecule has 0 atom stereocenters. The van der Waals surface area contributed by atoms with Crippen LogP contribution in [0, 0.1) is 5.92 Å². The van der Waals surface area contributed by atoms with Gasteiger partial charge in [0.1, 0.15) is 0 Å². The van der Waals surface area contributed by atoms with Gasteiger partial charge in [0.15, 0.2) is 0 Å². The van der Waals surface area contributed by atoms with E-state index in [0.717, 1.165) is 38.9 Å².